The van der Waals surface area contributed by atoms with Gasteiger partial charge in [-0.3, -0.25) is 9.59 Å². The maximum Gasteiger partial charge on any atom is 0.337 e. The zero-order valence-corrected chi connectivity index (χ0v) is 15.7. The van der Waals surface area contributed by atoms with Gasteiger partial charge >= 0.3 is 5.97 Å². The molecule has 0 aromatic heterocycles. The van der Waals surface area contributed by atoms with Crippen molar-refractivity contribution in [2.24, 2.45) is 11.8 Å². The van der Waals surface area contributed by atoms with E-state index in [0.717, 1.165) is 5.56 Å². The van der Waals surface area contributed by atoms with Crippen molar-refractivity contribution in [3.05, 3.63) is 58.6 Å². The molecular weight excluding hydrogens is 368 g/mol. The SMILES string of the molecule is COC(=O)c1ccc(Cl)c(NC(=O)C2CC2C(=O)Nc2cccc(C)c2)c1. The summed E-state index contributed by atoms with van der Waals surface area (Å²) in [6.07, 6.45) is 0.470. The van der Waals surface area contributed by atoms with Gasteiger partial charge in [-0.1, -0.05) is 23.7 Å². The van der Waals surface area contributed by atoms with Crippen LogP contribution in [-0.4, -0.2) is 24.9 Å². The Morgan fingerprint density at radius 3 is 2.41 bits per heavy atom. The molecule has 0 radical (unpaired) electrons. The van der Waals surface area contributed by atoms with Gasteiger partial charge in [0.15, 0.2) is 0 Å². The van der Waals surface area contributed by atoms with Gasteiger partial charge in [0, 0.05) is 5.69 Å². The van der Waals surface area contributed by atoms with Gasteiger partial charge in [0.2, 0.25) is 11.8 Å². The van der Waals surface area contributed by atoms with Crippen molar-refractivity contribution >= 4 is 40.8 Å². The van der Waals surface area contributed by atoms with Crippen LogP contribution in [0.5, 0.6) is 0 Å². The van der Waals surface area contributed by atoms with E-state index in [-0.39, 0.29) is 23.3 Å². The lowest BCUT2D eigenvalue weighted by atomic mass is 10.2. The standard InChI is InChI=1S/C20H19ClN2O4/c1-11-4-3-5-13(8-11)22-18(24)14-10-15(14)19(25)23-17-9-12(20(26)27-2)6-7-16(17)21/h3-9,14-15H,10H2,1-2H3,(H,22,24)(H,23,25). The molecule has 0 bridgehead atoms. The minimum atomic E-state index is -0.524. The van der Waals surface area contributed by atoms with E-state index >= 15 is 0 Å². The number of halogens is 1. The number of ether oxygens (including phenoxy) is 1. The van der Waals surface area contributed by atoms with E-state index in [0.29, 0.717) is 22.8 Å². The topological polar surface area (TPSA) is 84.5 Å². The van der Waals surface area contributed by atoms with Gasteiger partial charge in [-0.05, 0) is 49.2 Å². The number of rotatable bonds is 5. The molecule has 2 aromatic carbocycles. The van der Waals surface area contributed by atoms with Crippen LogP contribution in [0.2, 0.25) is 5.02 Å². The number of aryl methyl sites for hydroxylation is 1. The van der Waals surface area contributed by atoms with Crippen LogP contribution in [0.1, 0.15) is 22.3 Å². The van der Waals surface area contributed by atoms with E-state index in [1.54, 1.807) is 6.07 Å². The van der Waals surface area contributed by atoms with Crippen molar-refractivity contribution in [2.45, 2.75) is 13.3 Å². The van der Waals surface area contributed by atoms with Crippen molar-refractivity contribution in [3.8, 4) is 0 Å². The Labute approximate surface area is 161 Å². The first-order valence-electron chi connectivity index (χ1n) is 8.45. The lowest BCUT2D eigenvalue weighted by Gasteiger charge is -2.09. The fourth-order valence-electron chi connectivity index (χ4n) is 2.82. The first kappa shape index (κ1) is 18.9. The molecule has 2 amide bonds. The van der Waals surface area contributed by atoms with Gasteiger partial charge in [0.25, 0.3) is 0 Å². The molecule has 1 aliphatic rings. The molecule has 27 heavy (non-hydrogen) atoms. The fraction of sp³-hybridized carbons (Fsp3) is 0.250. The number of methoxy groups -OCH3 is 1. The average molecular weight is 387 g/mol. The third-order valence-electron chi connectivity index (χ3n) is 4.39. The summed E-state index contributed by atoms with van der Waals surface area (Å²) in [6, 6.07) is 12.0. The Kier molecular flexibility index (Phi) is 5.46. The average Bonchev–Trinajstić information content (AvgIpc) is 3.44. The molecular formula is C20H19ClN2O4. The molecule has 2 unspecified atom stereocenters. The first-order valence-corrected chi connectivity index (χ1v) is 8.83. The molecule has 140 valence electrons. The van der Waals surface area contributed by atoms with Crippen LogP contribution in [0.3, 0.4) is 0 Å². The van der Waals surface area contributed by atoms with Crippen LogP contribution < -0.4 is 10.6 Å². The number of esters is 1. The maximum absolute atomic E-state index is 12.4. The predicted molar refractivity (Wildman–Crippen MR) is 103 cm³/mol. The van der Waals surface area contributed by atoms with Crippen LogP contribution in [0.15, 0.2) is 42.5 Å². The summed E-state index contributed by atoms with van der Waals surface area (Å²) in [5.41, 5.74) is 2.34. The zero-order valence-electron chi connectivity index (χ0n) is 14.9. The molecule has 0 saturated heterocycles. The van der Waals surface area contributed by atoms with E-state index in [4.69, 9.17) is 11.6 Å². The molecule has 1 fully saturated rings. The minimum Gasteiger partial charge on any atom is -0.465 e. The van der Waals surface area contributed by atoms with Crippen LogP contribution >= 0.6 is 11.6 Å². The third kappa shape index (κ3) is 4.46. The number of hydrogen-bond donors (Lipinski definition) is 2. The highest BCUT2D eigenvalue weighted by Gasteiger charge is 2.48. The van der Waals surface area contributed by atoms with Gasteiger partial charge in [0.05, 0.1) is 35.2 Å². The fourth-order valence-corrected chi connectivity index (χ4v) is 2.99. The van der Waals surface area contributed by atoms with Gasteiger partial charge in [0.1, 0.15) is 0 Å². The molecule has 2 N–H and O–H groups in total. The quantitative estimate of drug-likeness (QED) is 0.768. The Morgan fingerprint density at radius 1 is 1.04 bits per heavy atom. The number of hydrogen-bond acceptors (Lipinski definition) is 4. The van der Waals surface area contributed by atoms with Gasteiger partial charge in [-0.2, -0.15) is 0 Å². The second kappa shape index (κ2) is 7.80. The number of nitrogens with one attached hydrogen (secondary N) is 2. The summed E-state index contributed by atoms with van der Waals surface area (Å²) in [4.78, 5) is 36.4. The smallest absolute Gasteiger partial charge is 0.337 e. The lowest BCUT2D eigenvalue weighted by Crippen LogP contribution is -2.21. The second-order valence-electron chi connectivity index (χ2n) is 6.48. The molecule has 0 spiro atoms. The number of carbonyl (C=O) groups is 3. The maximum atomic E-state index is 12.4. The van der Waals surface area contributed by atoms with E-state index in [9.17, 15) is 14.4 Å². The first-order chi connectivity index (χ1) is 12.9. The highest BCUT2D eigenvalue weighted by Crippen LogP contribution is 2.40. The largest absolute Gasteiger partial charge is 0.465 e. The molecule has 2 atom stereocenters. The van der Waals surface area contributed by atoms with Crippen molar-refractivity contribution in [2.75, 3.05) is 17.7 Å². The number of carbonyl (C=O) groups excluding carboxylic acids is 3. The predicted octanol–water partition coefficient (Wildman–Crippen LogP) is 3.65. The van der Waals surface area contributed by atoms with E-state index in [2.05, 4.69) is 15.4 Å². The molecule has 2 aromatic rings. The number of benzene rings is 2. The lowest BCUT2D eigenvalue weighted by molar-refractivity contribution is -0.122. The Morgan fingerprint density at radius 2 is 1.74 bits per heavy atom. The molecule has 7 heteroatoms. The molecule has 3 rings (SSSR count). The highest BCUT2D eigenvalue weighted by molar-refractivity contribution is 6.34. The van der Waals surface area contributed by atoms with Crippen LogP contribution in [0.25, 0.3) is 0 Å². The second-order valence-corrected chi connectivity index (χ2v) is 6.89. The third-order valence-corrected chi connectivity index (χ3v) is 4.72. The van der Waals surface area contributed by atoms with Crippen LogP contribution in [0.4, 0.5) is 11.4 Å². The summed E-state index contributed by atoms with van der Waals surface area (Å²) in [7, 11) is 1.27. The zero-order chi connectivity index (χ0) is 19.6. The van der Waals surface area contributed by atoms with Crippen molar-refractivity contribution in [1.82, 2.24) is 0 Å². The Hall–Kier alpha value is -2.86. The molecule has 0 heterocycles. The Bertz CT molecular complexity index is 913. The Balaban J connectivity index is 1.62. The van der Waals surface area contributed by atoms with Gasteiger partial charge in [-0.15, -0.1) is 0 Å². The van der Waals surface area contributed by atoms with Crippen molar-refractivity contribution in [3.63, 3.8) is 0 Å². The summed E-state index contributed by atoms with van der Waals surface area (Å²) < 4.78 is 4.66. The summed E-state index contributed by atoms with van der Waals surface area (Å²) in [6.45, 7) is 1.94. The monoisotopic (exact) mass is 386 g/mol. The van der Waals surface area contributed by atoms with Crippen LogP contribution in [-0.2, 0) is 14.3 Å². The van der Waals surface area contributed by atoms with Crippen molar-refractivity contribution < 1.29 is 19.1 Å². The summed E-state index contributed by atoms with van der Waals surface area (Å²) in [5.74, 6) is -1.82. The van der Waals surface area contributed by atoms with E-state index in [1.165, 1.54) is 25.3 Å². The van der Waals surface area contributed by atoms with Crippen molar-refractivity contribution in [1.29, 1.82) is 0 Å². The molecule has 0 aliphatic heterocycles. The molecule has 6 nitrogen and oxygen atoms in total. The summed E-state index contributed by atoms with van der Waals surface area (Å²) >= 11 is 6.09. The normalized spacial score (nSPS) is 17.7. The number of anilines is 2. The highest BCUT2D eigenvalue weighted by atomic mass is 35.5. The summed E-state index contributed by atoms with van der Waals surface area (Å²) in [5, 5.41) is 5.82. The van der Waals surface area contributed by atoms with Crippen LogP contribution in [0, 0.1) is 18.8 Å². The van der Waals surface area contributed by atoms with Gasteiger partial charge < -0.3 is 15.4 Å². The van der Waals surface area contributed by atoms with Gasteiger partial charge in [-0.25, -0.2) is 4.79 Å². The van der Waals surface area contributed by atoms with E-state index in [1.807, 2.05) is 25.1 Å². The number of amides is 2. The molecule has 1 aliphatic carbocycles. The minimum absolute atomic E-state index is 0.185. The molecule has 1 saturated carbocycles. The van der Waals surface area contributed by atoms with E-state index < -0.39 is 11.9 Å².